The van der Waals surface area contributed by atoms with Gasteiger partial charge in [0.15, 0.2) is 0 Å². The van der Waals surface area contributed by atoms with Gasteiger partial charge in [0, 0.05) is 17.3 Å². The maximum Gasteiger partial charge on any atom is 0.148 e. The second-order valence-electron chi connectivity index (χ2n) is 5.48. The summed E-state index contributed by atoms with van der Waals surface area (Å²) in [5.74, 6) is 1.24. The summed E-state index contributed by atoms with van der Waals surface area (Å²) in [4.78, 5) is 9.04. The Kier molecular flexibility index (Phi) is 3.15. The predicted molar refractivity (Wildman–Crippen MR) is 66.6 cm³/mol. The van der Waals surface area contributed by atoms with E-state index in [-0.39, 0.29) is 0 Å². The van der Waals surface area contributed by atoms with Gasteiger partial charge in [-0.2, -0.15) is 5.26 Å². The third kappa shape index (κ3) is 2.46. The molecule has 0 amide bonds. The first-order valence-corrected chi connectivity index (χ1v) is 6.30. The Morgan fingerprint density at radius 1 is 1.29 bits per heavy atom. The highest BCUT2D eigenvalue weighted by Crippen LogP contribution is 2.34. The molecule has 0 bridgehead atoms. The van der Waals surface area contributed by atoms with E-state index in [1.807, 2.05) is 20.8 Å². The van der Waals surface area contributed by atoms with E-state index >= 15 is 0 Å². The number of nitrogens with zero attached hydrogens (tertiary/aromatic N) is 3. The molecule has 0 spiro atoms. The minimum absolute atomic E-state index is 0.574. The van der Waals surface area contributed by atoms with Crippen LogP contribution in [-0.2, 0) is 5.41 Å². The lowest BCUT2D eigenvalue weighted by atomic mass is 9.93. The highest BCUT2D eigenvalue weighted by molar-refractivity contribution is 5.23. The third-order valence-electron chi connectivity index (χ3n) is 3.49. The molecule has 1 fully saturated rings. The molecule has 0 N–H and O–H groups in total. The van der Waals surface area contributed by atoms with Crippen LogP contribution < -0.4 is 0 Å². The normalized spacial score (nSPS) is 17.1. The van der Waals surface area contributed by atoms with Gasteiger partial charge in [-0.1, -0.05) is 12.8 Å². The highest BCUT2D eigenvalue weighted by atomic mass is 14.9. The summed E-state index contributed by atoms with van der Waals surface area (Å²) < 4.78 is 0. The predicted octanol–water partition coefficient (Wildman–Crippen LogP) is 3.24. The van der Waals surface area contributed by atoms with Crippen molar-refractivity contribution in [2.45, 2.75) is 57.8 Å². The molecule has 1 aliphatic carbocycles. The van der Waals surface area contributed by atoms with Gasteiger partial charge in [-0.05, 0) is 39.7 Å². The van der Waals surface area contributed by atoms with Crippen LogP contribution in [0.2, 0.25) is 0 Å². The average Bonchev–Trinajstić information content (AvgIpc) is 2.81. The van der Waals surface area contributed by atoms with Crippen molar-refractivity contribution < 1.29 is 0 Å². The van der Waals surface area contributed by atoms with Crippen molar-refractivity contribution in [1.29, 1.82) is 5.26 Å². The van der Waals surface area contributed by atoms with Crippen LogP contribution in [0.5, 0.6) is 0 Å². The topological polar surface area (TPSA) is 49.6 Å². The zero-order valence-electron chi connectivity index (χ0n) is 10.8. The van der Waals surface area contributed by atoms with E-state index in [2.05, 4.69) is 22.1 Å². The second kappa shape index (κ2) is 4.44. The smallest absolute Gasteiger partial charge is 0.148 e. The zero-order valence-corrected chi connectivity index (χ0v) is 10.8. The van der Waals surface area contributed by atoms with E-state index in [0.717, 1.165) is 11.4 Å². The SMILES string of the molecule is Cc1cc(C2CCCC2)nc(C(C)(C)C#N)n1. The van der Waals surface area contributed by atoms with Crippen molar-refractivity contribution in [3.63, 3.8) is 0 Å². The number of rotatable bonds is 2. The molecule has 17 heavy (non-hydrogen) atoms. The zero-order chi connectivity index (χ0) is 12.5. The fourth-order valence-corrected chi connectivity index (χ4v) is 2.35. The Morgan fingerprint density at radius 2 is 1.94 bits per heavy atom. The Hall–Kier alpha value is -1.43. The molecule has 2 rings (SSSR count). The van der Waals surface area contributed by atoms with Gasteiger partial charge in [0.25, 0.3) is 0 Å². The van der Waals surface area contributed by atoms with E-state index in [9.17, 15) is 0 Å². The number of nitriles is 1. The van der Waals surface area contributed by atoms with Crippen LogP contribution in [-0.4, -0.2) is 9.97 Å². The quantitative estimate of drug-likeness (QED) is 0.782. The molecular formula is C14H19N3. The second-order valence-corrected chi connectivity index (χ2v) is 5.48. The van der Waals surface area contributed by atoms with Crippen LogP contribution in [0.1, 0.15) is 62.7 Å². The molecular weight excluding hydrogens is 210 g/mol. The molecule has 1 heterocycles. The number of aromatic nitrogens is 2. The summed E-state index contributed by atoms with van der Waals surface area (Å²) in [5.41, 5.74) is 1.51. The average molecular weight is 229 g/mol. The molecule has 1 aromatic heterocycles. The molecule has 3 heteroatoms. The van der Waals surface area contributed by atoms with Gasteiger partial charge in [0.2, 0.25) is 0 Å². The Balaban J connectivity index is 2.39. The monoisotopic (exact) mass is 229 g/mol. The minimum Gasteiger partial charge on any atom is -0.237 e. The molecule has 0 radical (unpaired) electrons. The van der Waals surface area contributed by atoms with Gasteiger partial charge in [0.05, 0.1) is 6.07 Å². The van der Waals surface area contributed by atoms with Crippen molar-refractivity contribution in [3.8, 4) is 6.07 Å². The molecule has 90 valence electrons. The van der Waals surface area contributed by atoms with Gasteiger partial charge in [0.1, 0.15) is 11.2 Å². The van der Waals surface area contributed by atoms with E-state index < -0.39 is 5.41 Å². The standard InChI is InChI=1S/C14H19N3/c1-10-8-12(11-6-4-5-7-11)17-13(16-10)14(2,3)9-15/h8,11H,4-7H2,1-3H3. The molecule has 1 aliphatic rings. The lowest BCUT2D eigenvalue weighted by Gasteiger charge is -2.17. The lowest BCUT2D eigenvalue weighted by molar-refractivity contribution is 0.601. The van der Waals surface area contributed by atoms with E-state index in [0.29, 0.717) is 11.7 Å². The van der Waals surface area contributed by atoms with Crippen molar-refractivity contribution in [2.24, 2.45) is 0 Å². The third-order valence-corrected chi connectivity index (χ3v) is 3.49. The minimum atomic E-state index is -0.598. The first-order chi connectivity index (χ1) is 8.03. The number of hydrogen-bond donors (Lipinski definition) is 0. The molecule has 1 aromatic rings. The summed E-state index contributed by atoms with van der Waals surface area (Å²) in [6.45, 7) is 5.73. The van der Waals surface area contributed by atoms with Crippen LogP contribution in [0.15, 0.2) is 6.07 Å². The van der Waals surface area contributed by atoms with Gasteiger partial charge >= 0.3 is 0 Å². The van der Waals surface area contributed by atoms with Gasteiger partial charge < -0.3 is 0 Å². The summed E-state index contributed by atoms with van der Waals surface area (Å²) in [7, 11) is 0. The molecule has 3 nitrogen and oxygen atoms in total. The Morgan fingerprint density at radius 3 is 2.53 bits per heavy atom. The number of hydrogen-bond acceptors (Lipinski definition) is 3. The van der Waals surface area contributed by atoms with E-state index in [1.54, 1.807) is 0 Å². The van der Waals surface area contributed by atoms with Crippen molar-refractivity contribution in [3.05, 3.63) is 23.3 Å². The van der Waals surface area contributed by atoms with Crippen LogP contribution >= 0.6 is 0 Å². The van der Waals surface area contributed by atoms with Gasteiger partial charge in [-0.15, -0.1) is 0 Å². The van der Waals surface area contributed by atoms with Crippen LogP contribution in [0.25, 0.3) is 0 Å². The van der Waals surface area contributed by atoms with Crippen LogP contribution in [0, 0.1) is 18.3 Å². The van der Waals surface area contributed by atoms with Crippen molar-refractivity contribution in [2.75, 3.05) is 0 Å². The van der Waals surface area contributed by atoms with Crippen molar-refractivity contribution >= 4 is 0 Å². The fraction of sp³-hybridized carbons (Fsp3) is 0.643. The first-order valence-electron chi connectivity index (χ1n) is 6.30. The molecule has 0 aromatic carbocycles. The summed E-state index contributed by atoms with van der Waals surface area (Å²) >= 11 is 0. The fourth-order valence-electron chi connectivity index (χ4n) is 2.35. The lowest BCUT2D eigenvalue weighted by Crippen LogP contribution is -2.20. The van der Waals surface area contributed by atoms with Gasteiger partial charge in [-0.3, -0.25) is 0 Å². The summed E-state index contributed by atoms with van der Waals surface area (Å²) in [6, 6.07) is 4.35. The van der Waals surface area contributed by atoms with Crippen LogP contribution in [0.3, 0.4) is 0 Å². The largest absolute Gasteiger partial charge is 0.237 e. The summed E-state index contributed by atoms with van der Waals surface area (Å²) in [5, 5.41) is 9.16. The number of aryl methyl sites for hydroxylation is 1. The molecule has 0 atom stereocenters. The molecule has 1 saturated carbocycles. The Labute approximate surface area is 103 Å². The van der Waals surface area contributed by atoms with E-state index in [1.165, 1.54) is 25.7 Å². The molecule has 0 saturated heterocycles. The van der Waals surface area contributed by atoms with Gasteiger partial charge in [-0.25, -0.2) is 9.97 Å². The van der Waals surface area contributed by atoms with E-state index in [4.69, 9.17) is 5.26 Å². The summed E-state index contributed by atoms with van der Waals surface area (Å²) in [6.07, 6.45) is 5.04. The Bertz CT molecular complexity index is 451. The van der Waals surface area contributed by atoms with Crippen molar-refractivity contribution in [1.82, 2.24) is 9.97 Å². The van der Waals surface area contributed by atoms with Crippen LogP contribution in [0.4, 0.5) is 0 Å². The maximum atomic E-state index is 9.16. The first kappa shape index (κ1) is 12.0. The highest BCUT2D eigenvalue weighted by Gasteiger charge is 2.26. The molecule has 0 unspecified atom stereocenters. The maximum absolute atomic E-state index is 9.16. The molecule has 0 aliphatic heterocycles.